The van der Waals surface area contributed by atoms with Crippen LogP contribution in [0.4, 0.5) is 0 Å². The SMILES string of the molecule is CC(C)CN1CCN(C(=O)CCc2nc(-c3ccc(Cl)cc3)no2)CC1. The topological polar surface area (TPSA) is 62.5 Å². The Morgan fingerprint density at radius 3 is 2.54 bits per heavy atom. The van der Waals surface area contributed by atoms with Gasteiger partial charge in [-0.1, -0.05) is 30.6 Å². The highest BCUT2D eigenvalue weighted by Crippen LogP contribution is 2.19. The first-order valence-electron chi connectivity index (χ1n) is 9.10. The third-order valence-corrected chi connectivity index (χ3v) is 4.72. The minimum atomic E-state index is 0.153. The molecule has 0 N–H and O–H groups in total. The van der Waals surface area contributed by atoms with Crippen LogP contribution in [0.15, 0.2) is 28.8 Å². The van der Waals surface area contributed by atoms with Crippen LogP contribution in [0.2, 0.25) is 5.02 Å². The number of rotatable bonds is 6. The molecule has 1 aliphatic heterocycles. The largest absolute Gasteiger partial charge is 0.340 e. The second-order valence-electron chi connectivity index (χ2n) is 7.09. The number of benzene rings is 1. The molecule has 6 nitrogen and oxygen atoms in total. The highest BCUT2D eigenvalue weighted by Gasteiger charge is 2.21. The zero-order chi connectivity index (χ0) is 18.5. The molecule has 0 aliphatic carbocycles. The van der Waals surface area contributed by atoms with Crippen LogP contribution in [0.3, 0.4) is 0 Å². The van der Waals surface area contributed by atoms with Crippen LogP contribution in [0.5, 0.6) is 0 Å². The van der Waals surface area contributed by atoms with Crippen LogP contribution in [0.1, 0.15) is 26.2 Å². The van der Waals surface area contributed by atoms with Crippen LogP contribution in [-0.4, -0.2) is 58.6 Å². The van der Waals surface area contributed by atoms with Gasteiger partial charge in [-0.15, -0.1) is 0 Å². The van der Waals surface area contributed by atoms with Gasteiger partial charge in [-0.3, -0.25) is 9.69 Å². The van der Waals surface area contributed by atoms with Crippen LogP contribution in [-0.2, 0) is 11.2 Å². The maximum absolute atomic E-state index is 12.4. The number of hydrogen-bond donors (Lipinski definition) is 0. The van der Waals surface area contributed by atoms with Crippen molar-refractivity contribution in [3.8, 4) is 11.4 Å². The summed E-state index contributed by atoms with van der Waals surface area (Å²) in [6.45, 7) is 9.03. The summed E-state index contributed by atoms with van der Waals surface area (Å²) in [6, 6.07) is 7.27. The number of nitrogens with zero attached hydrogens (tertiary/aromatic N) is 4. The molecule has 7 heteroatoms. The van der Waals surface area contributed by atoms with Gasteiger partial charge in [0.1, 0.15) is 0 Å². The van der Waals surface area contributed by atoms with Crippen molar-refractivity contribution < 1.29 is 9.32 Å². The van der Waals surface area contributed by atoms with Gasteiger partial charge < -0.3 is 9.42 Å². The van der Waals surface area contributed by atoms with E-state index in [4.69, 9.17) is 16.1 Å². The zero-order valence-corrected chi connectivity index (χ0v) is 16.1. The maximum Gasteiger partial charge on any atom is 0.227 e. The number of piperazine rings is 1. The van der Waals surface area contributed by atoms with Gasteiger partial charge in [0.15, 0.2) is 0 Å². The summed E-state index contributed by atoms with van der Waals surface area (Å²) >= 11 is 5.89. The molecule has 0 saturated carbocycles. The molecule has 0 atom stereocenters. The number of halogens is 1. The van der Waals surface area contributed by atoms with E-state index in [0.29, 0.717) is 35.5 Å². The van der Waals surface area contributed by atoms with Crippen LogP contribution < -0.4 is 0 Å². The summed E-state index contributed by atoms with van der Waals surface area (Å²) in [5, 5.41) is 4.65. The minimum Gasteiger partial charge on any atom is -0.340 e. The summed E-state index contributed by atoms with van der Waals surface area (Å²) in [6.07, 6.45) is 0.859. The quantitative estimate of drug-likeness (QED) is 0.775. The summed E-state index contributed by atoms with van der Waals surface area (Å²) in [4.78, 5) is 21.1. The summed E-state index contributed by atoms with van der Waals surface area (Å²) in [5.74, 6) is 1.82. The van der Waals surface area contributed by atoms with Crippen molar-refractivity contribution in [2.24, 2.45) is 5.92 Å². The lowest BCUT2D eigenvalue weighted by Gasteiger charge is -2.35. The standard InChI is InChI=1S/C19H25ClN4O2/c1-14(2)13-23-9-11-24(12-10-23)18(25)8-7-17-21-19(22-26-17)15-3-5-16(20)6-4-15/h3-6,14H,7-13H2,1-2H3. The Bertz CT molecular complexity index is 721. The third-order valence-electron chi connectivity index (χ3n) is 4.47. The molecule has 26 heavy (non-hydrogen) atoms. The Morgan fingerprint density at radius 2 is 1.88 bits per heavy atom. The Hall–Kier alpha value is -1.92. The maximum atomic E-state index is 12.4. The van der Waals surface area contributed by atoms with E-state index in [1.54, 1.807) is 12.1 Å². The normalized spacial score (nSPS) is 15.6. The number of aryl methyl sites for hydroxylation is 1. The Balaban J connectivity index is 1.47. The molecule has 1 aromatic heterocycles. The molecule has 1 saturated heterocycles. The fourth-order valence-corrected chi connectivity index (χ4v) is 3.27. The average Bonchev–Trinajstić information content (AvgIpc) is 3.09. The van der Waals surface area contributed by atoms with Crippen LogP contribution >= 0.6 is 11.6 Å². The van der Waals surface area contributed by atoms with E-state index in [2.05, 4.69) is 28.9 Å². The van der Waals surface area contributed by atoms with E-state index in [0.717, 1.165) is 38.3 Å². The lowest BCUT2D eigenvalue weighted by Crippen LogP contribution is -2.49. The van der Waals surface area contributed by atoms with Gasteiger partial charge >= 0.3 is 0 Å². The van der Waals surface area contributed by atoms with E-state index >= 15 is 0 Å². The predicted octanol–water partition coefficient (Wildman–Crippen LogP) is 3.12. The van der Waals surface area contributed by atoms with Crippen molar-refractivity contribution in [2.45, 2.75) is 26.7 Å². The molecule has 2 aromatic rings. The number of carbonyl (C=O) groups excluding carboxylic acids is 1. The van der Waals surface area contributed by atoms with Gasteiger partial charge in [-0.2, -0.15) is 4.98 Å². The molecule has 1 aliphatic rings. The smallest absolute Gasteiger partial charge is 0.227 e. The minimum absolute atomic E-state index is 0.153. The first kappa shape index (κ1) is 18.9. The molecule has 0 spiro atoms. The molecule has 0 bridgehead atoms. The second kappa shape index (κ2) is 8.64. The van der Waals surface area contributed by atoms with Crippen molar-refractivity contribution in [1.29, 1.82) is 0 Å². The van der Waals surface area contributed by atoms with Crippen molar-refractivity contribution in [1.82, 2.24) is 19.9 Å². The number of amides is 1. The number of hydrogen-bond acceptors (Lipinski definition) is 5. The van der Waals surface area contributed by atoms with Gasteiger partial charge in [0.05, 0.1) is 0 Å². The van der Waals surface area contributed by atoms with Crippen LogP contribution in [0, 0.1) is 5.92 Å². The lowest BCUT2D eigenvalue weighted by atomic mass is 10.2. The van der Waals surface area contributed by atoms with Gasteiger partial charge in [-0.25, -0.2) is 0 Å². The highest BCUT2D eigenvalue weighted by molar-refractivity contribution is 6.30. The Kier molecular flexibility index (Phi) is 6.27. The van der Waals surface area contributed by atoms with Crippen LogP contribution in [0.25, 0.3) is 11.4 Å². The summed E-state index contributed by atoms with van der Waals surface area (Å²) in [7, 11) is 0. The van der Waals surface area contributed by atoms with Gasteiger partial charge in [-0.05, 0) is 30.2 Å². The molecule has 2 heterocycles. The highest BCUT2D eigenvalue weighted by atomic mass is 35.5. The van der Waals surface area contributed by atoms with Gasteiger partial charge in [0.25, 0.3) is 0 Å². The van der Waals surface area contributed by atoms with E-state index in [9.17, 15) is 4.79 Å². The molecule has 1 amide bonds. The number of aromatic nitrogens is 2. The van der Waals surface area contributed by atoms with E-state index < -0.39 is 0 Å². The van der Waals surface area contributed by atoms with Crippen molar-refractivity contribution in [2.75, 3.05) is 32.7 Å². The molecule has 140 valence electrons. The molecule has 0 unspecified atom stereocenters. The summed E-state index contributed by atoms with van der Waals surface area (Å²) < 4.78 is 5.27. The monoisotopic (exact) mass is 376 g/mol. The fourth-order valence-electron chi connectivity index (χ4n) is 3.14. The first-order chi connectivity index (χ1) is 12.5. The fraction of sp³-hybridized carbons (Fsp3) is 0.526. The van der Waals surface area contributed by atoms with E-state index in [-0.39, 0.29) is 5.91 Å². The predicted molar refractivity (Wildman–Crippen MR) is 101 cm³/mol. The van der Waals surface area contributed by atoms with E-state index in [1.165, 1.54) is 0 Å². The zero-order valence-electron chi connectivity index (χ0n) is 15.3. The first-order valence-corrected chi connectivity index (χ1v) is 9.47. The van der Waals surface area contributed by atoms with Crippen molar-refractivity contribution >= 4 is 17.5 Å². The second-order valence-corrected chi connectivity index (χ2v) is 7.53. The third kappa shape index (κ3) is 5.05. The molecule has 3 rings (SSSR count). The molecule has 1 fully saturated rings. The van der Waals surface area contributed by atoms with Gasteiger partial charge in [0, 0.05) is 56.2 Å². The van der Waals surface area contributed by atoms with Crippen molar-refractivity contribution in [3.63, 3.8) is 0 Å². The number of carbonyl (C=O) groups is 1. The molecule has 1 aromatic carbocycles. The Morgan fingerprint density at radius 1 is 1.19 bits per heavy atom. The molecular weight excluding hydrogens is 352 g/mol. The molecular formula is C19H25ClN4O2. The van der Waals surface area contributed by atoms with Gasteiger partial charge in [0.2, 0.25) is 17.6 Å². The lowest BCUT2D eigenvalue weighted by molar-refractivity contribution is -0.133. The van der Waals surface area contributed by atoms with E-state index in [1.807, 2.05) is 17.0 Å². The Labute approximate surface area is 159 Å². The summed E-state index contributed by atoms with van der Waals surface area (Å²) in [5.41, 5.74) is 0.844. The van der Waals surface area contributed by atoms with Crippen molar-refractivity contribution in [3.05, 3.63) is 35.2 Å². The molecule has 0 radical (unpaired) electrons. The average molecular weight is 377 g/mol.